The van der Waals surface area contributed by atoms with Gasteiger partial charge in [-0.05, 0) is 44.2 Å². The van der Waals surface area contributed by atoms with E-state index in [1.807, 2.05) is 32.9 Å². The molecule has 0 aromatic heterocycles. The summed E-state index contributed by atoms with van der Waals surface area (Å²) in [5.41, 5.74) is 3.85. The van der Waals surface area contributed by atoms with Gasteiger partial charge in [-0.25, -0.2) is 0 Å². The summed E-state index contributed by atoms with van der Waals surface area (Å²) in [7, 11) is 0. The Morgan fingerprint density at radius 3 is 2.29 bits per heavy atom. The van der Waals surface area contributed by atoms with Crippen LogP contribution < -0.4 is 10.6 Å². The Hall–Kier alpha value is -2.37. The SMILES string of the molecule is Cc1cc(C)c(NC(=O)CNC(=O)COC(=O)CCC2CCCCC2)c(C)c1. The van der Waals surface area contributed by atoms with Crippen LogP contribution in [0.1, 0.15) is 61.6 Å². The minimum absolute atomic E-state index is 0.161. The van der Waals surface area contributed by atoms with Crippen molar-refractivity contribution in [1.29, 1.82) is 0 Å². The number of benzene rings is 1. The number of amides is 2. The topological polar surface area (TPSA) is 84.5 Å². The van der Waals surface area contributed by atoms with Crippen LogP contribution in [0.3, 0.4) is 0 Å². The van der Waals surface area contributed by atoms with Crippen molar-refractivity contribution in [3.8, 4) is 0 Å². The van der Waals surface area contributed by atoms with Crippen molar-refractivity contribution in [2.75, 3.05) is 18.5 Å². The molecule has 2 N–H and O–H groups in total. The van der Waals surface area contributed by atoms with Crippen LogP contribution in [0.15, 0.2) is 12.1 Å². The molecule has 0 radical (unpaired) electrons. The molecule has 28 heavy (non-hydrogen) atoms. The number of nitrogens with one attached hydrogen (secondary N) is 2. The summed E-state index contributed by atoms with van der Waals surface area (Å²) >= 11 is 0. The first-order valence-corrected chi connectivity index (χ1v) is 10.1. The van der Waals surface area contributed by atoms with E-state index in [4.69, 9.17) is 4.74 Å². The Morgan fingerprint density at radius 2 is 1.64 bits per heavy atom. The molecular weight excluding hydrogens is 356 g/mol. The van der Waals surface area contributed by atoms with Gasteiger partial charge in [-0.2, -0.15) is 0 Å². The largest absolute Gasteiger partial charge is 0.456 e. The van der Waals surface area contributed by atoms with E-state index in [9.17, 15) is 14.4 Å². The Labute approximate surface area is 167 Å². The molecule has 1 fully saturated rings. The molecule has 0 unspecified atom stereocenters. The fourth-order valence-electron chi connectivity index (χ4n) is 3.81. The molecule has 1 aliphatic rings. The molecule has 0 atom stereocenters. The first-order valence-electron chi connectivity index (χ1n) is 10.1. The van der Waals surface area contributed by atoms with Crippen molar-refractivity contribution in [3.05, 3.63) is 28.8 Å². The molecule has 2 amide bonds. The van der Waals surface area contributed by atoms with E-state index in [1.54, 1.807) is 0 Å². The van der Waals surface area contributed by atoms with E-state index in [0.29, 0.717) is 12.3 Å². The van der Waals surface area contributed by atoms with E-state index in [-0.39, 0.29) is 25.0 Å². The molecule has 0 saturated heterocycles. The third kappa shape index (κ3) is 7.33. The molecule has 1 aromatic rings. The number of carbonyl (C=O) groups excluding carboxylic acids is 3. The van der Waals surface area contributed by atoms with Gasteiger partial charge in [-0.15, -0.1) is 0 Å². The normalized spacial score (nSPS) is 14.4. The van der Waals surface area contributed by atoms with Crippen LogP contribution in [0.25, 0.3) is 0 Å². The van der Waals surface area contributed by atoms with Gasteiger partial charge >= 0.3 is 5.97 Å². The predicted octanol–water partition coefficient (Wildman–Crippen LogP) is 3.57. The Bertz CT molecular complexity index is 685. The number of carbonyl (C=O) groups is 3. The van der Waals surface area contributed by atoms with Gasteiger partial charge < -0.3 is 15.4 Å². The number of ether oxygens (including phenoxy) is 1. The van der Waals surface area contributed by atoms with Crippen LogP contribution in [-0.2, 0) is 19.1 Å². The molecule has 154 valence electrons. The molecule has 1 aromatic carbocycles. The highest BCUT2D eigenvalue weighted by atomic mass is 16.5. The highest BCUT2D eigenvalue weighted by Crippen LogP contribution is 2.27. The Balaban J connectivity index is 1.65. The van der Waals surface area contributed by atoms with Crippen molar-refractivity contribution in [2.45, 2.75) is 65.7 Å². The molecule has 6 nitrogen and oxygen atoms in total. The summed E-state index contributed by atoms with van der Waals surface area (Å²) in [6.45, 7) is 5.36. The van der Waals surface area contributed by atoms with Crippen LogP contribution in [0.4, 0.5) is 5.69 Å². The second-order valence-corrected chi connectivity index (χ2v) is 7.80. The molecular formula is C22H32N2O4. The number of hydrogen-bond donors (Lipinski definition) is 2. The zero-order valence-corrected chi connectivity index (χ0v) is 17.2. The monoisotopic (exact) mass is 388 g/mol. The van der Waals surface area contributed by atoms with Crippen molar-refractivity contribution in [3.63, 3.8) is 0 Å². The van der Waals surface area contributed by atoms with Gasteiger partial charge in [0.2, 0.25) is 5.91 Å². The van der Waals surface area contributed by atoms with Crippen LogP contribution in [0.2, 0.25) is 0 Å². The lowest BCUT2D eigenvalue weighted by Gasteiger charge is -2.20. The van der Waals surface area contributed by atoms with Gasteiger partial charge in [0, 0.05) is 12.1 Å². The fraction of sp³-hybridized carbons (Fsp3) is 0.591. The number of anilines is 1. The maximum Gasteiger partial charge on any atom is 0.306 e. The zero-order chi connectivity index (χ0) is 20.5. The second-order valence-electron chi connectivity index (χ2n) is 7.80. The predicted molar refractivity (Wildman–Crippen MR) is 109 cm³/mol. The third-order valence-electron chi connectivity index (χ3n) is 5.23. The summed E-state index contributed by atoms with van der Waals surface area (Å²) in [5.74, 6) is -0.533. The number of rotatable bonds is 8. The summed E-state index contributed by atoms with van der Waals surface area (Å²) in [4.78, 5) is 35.7. The van der Waals surface area contributed by atoms with Gasteiger partial charge in [-0.1, -0.05) is 49.8 Å². The molecule has 2 rings (SSSR count). The lowest BCUT2D eigenvalue weighted by Crippen LogP contribution is -2.35. The van der Waals surface area contributed by atoms with E-state index in [2.05, 4.69) is 10.6 Å². The van der Waals surface area contributed by atoms with Gasteiger partial charge in [0.05, 0.1) is 6.54 Å². The van der Waals surface area contributed by atoms with E-state index in [0.717, 1.165) is 28.8 Å². The Morgan fingerprint density at radius 1 is 1.00 bits per heavy atom. The number of esters is 1. The zero-order valence-electron chi connectivity index (χ0n) is 17.2. The average Bonchev–Trinajstić information content (AvgIpc) is 2.66. The standard InChI is InChI=1S/C22H32N2O4/c1-15-11-16(2)22(17(3)12-15)24-19(25)13-23-20(26)14-28-21(27)10-9-18-7-5-4-6-8-18/h11-12,18H,4-10,13-14H2,1-3H3,(H,23,26)(H,24,25). The van der Waals surface area contributed by atoms with Crippen molar-refractivity contribution in [1.82, 2.24) is 5.32 Å². The molecule has 6 heteroatoms. The summed E-state index contributed by atoms with van der Waals surface area (Å²) in [6.07, 6.45) is 7.32. The molecule has 0 aliphatic heterocycles. The van der Waals surface area contributed by atoms with Crippen molar-refractivity contribution in [2.24, 2.45) is 5.92 Å². The van der Waals surface area contributed by atoms with Crippen LogP contribution >= 0.6 is 0 Å². The maximum absolute atomic E-state index is 12.1. The van der Waals surface area contributed by atoms with E-state index in [1.165, 1.54) is 32.1 Å². The van der Waals surface area contributed by atoms with Crippen LogP contribution in [0.5, 0.6) is 0 Å². The third-order valence-corrected chi connectivity index (χ3v) is 5.23. The van der Waals surface area contributed by atoms with Crippen molar-refractivity contribution < 1.29 is 19.1 Å². The smallest absolute Gasteiger partial charge is 0.306 e. The quantitative estimate of drug-likeness (QED) is 0.667. The molecule has 0 bridgehead atoms. The first-order chi connectivity index (χ1) is 13.3. The molecule has 1 aliphatic carbocycles. The molecule has 0 spiro atoms. The molecule has 1 saturated carbocycles. The first kappa shape index (κ1) is 21.9. The average molecular weight is 389 g/mol. The lowest BCUT2D eigenvalue weighted by atomic mass is 9.86. The minimum atomic E-state index is -0.474. The summed E-state index contributed by atoms with van der Waals surface area (Å²) < 4.78 is 5.01. The van der Waals surface area contributed by atoms with Gasteiger partial charge in [0.25, 0.3) is 5.91 Å². The van der Waals surface area contributed by atoms with Crippen molar-refractivity contribution >= 4 is 23.5 Å². The number of hydrogen-bond acceptors (Lipinski definition) is 4. The fourth-order valence-corrected chi connectivity index (χ4v) is 3.81. The highest BCUT2D eigenvalue weighted by Gasteiger charge is 2.16. The second kappa shape index (κ2) is 10.8. The molecule has 0 heterocycles. The van der Waals surface area contributed by atoms with Gasteiger partial charge in [-0.3, -0.25) is 14.4 Å². The van der Waals surface area contributed by atoms with Crippen LogP contribution in [-0.4, -0.2) is 30.9 Å². The van der Waals surface area contributed by atoms with Gasteiger partial charge in [0.15, 0.2) is 6.61 Å². The van der Waals surface area contributed by atoms with E-state index < -0.39 is 5.91 Å². The summed E-state index contributed by atoms with van der Waals surface area (Å²) in [5, 5.41) is 5.31. The van der Waals surface area contributed by atoms with E-state index >= 15 is 0 Å². The maximum atomic E-state index is 12.1. The minimum Gasteiger partial charge on any atom is -0.456 e. The number of aryl methyl sites for hydroxylation is 3. The summed E-state index contributed by atoms with van der Waals surface area (Å²) in [6, 6.07) is 3.99. The van der Waals surface area contributed by atoms with Crippen LogP contribution in [0, 0.1) is 26.7 Å². The lowest BCUT2D eigenvalue weighted by molar-refractivity contribution is -0.148. The van der Waals surface area contributed by atoms with Gasteiger partial charge in [0.1, 0.15) is 0 Å². The highest BCUT2D eigenvalue weighted by molar-refractivity contribution is 5.96. The Kier molecular flexibility index (Phi) is 8.48.